The predicted molar refractivity (Wildman–Crippen MR) is 92.9 cm³/mol. The Kier molecular flexibility index (Phi) is 4.94. The molecule has 9 nitrogen and oxygen atoms in total. The van der Waals surface area contributed by atoms with E-state index in [0.717, 1.165) is 11.8 Å². The zero-order valence-corrected chi connectivity index (χ0v) is 14.6. The van der Waals surface area contributed by atoms with Gasteiger partial charge >= 0.3 is 0 Å². The third-order valence-corrected chi connectivity index (χ3v) is 4.52. The maximum atomic E-state index is 11.5. The fourth-order valence-electron chi connectivity index (χ4n) is 2.19. The van der Waals surface area contributed by atoms with Crippen molar-refractivity contribution in [3.05, 3.63) is 58.1 Å². The fraction of sp³-hybridized carbons (Fsp3) is 0.125. The van der Waals surface area contributed by atoms with Gasteiger partial charge in [-0.1, -0.05) is 0 Å². The van der Waals surface area contributed by atoms with Crippen LogP contribution in [0, 0.1) is 10.1 Å². The predicted octanol–water partition coefficient (Wildman–Crippen LogP) is 2.93. The highest BCUT2D eigenvalue weighted by Gasteiger charge is 2.20. The number of ketones is 1. The second-order valence-corrected chi connectivity index (χ2v) is 6.18. The number of methoxy groups -OCH3 is 1. The van der Waals surface area contributed by atoms with Crippen molar-refractivity contribution in [3.8, 4) is 11.4 Å². The van der Waals surface area contributed by atoms with Gasteiger partial charge in [-0.3, -0.25) is 14.9 Å². The largest absolute Gasteiger partial charge is 0.497 e. The van der Waals surface area contributed by atoms with Crippen LogP contribution in [0.3, 0.4) is 0 Å². The molecule has 0 aliphatic rings. The van der Waals surface area contributed by atoms with E-state index in [0.29, 0.717) is 21.5 Å². The van der Waals surface area contributed by atoms with Crippen LogP contribution in [0.1, 0.15) is 17.3 Å². The Bertz CT molecular complexity index is 971. The van der Waals surface area contributed by atoms with Gasteiger partial charge in [0.05, 0.1) is 22.6 Å². The summed E-state index contributed by atoms with van der Waals surface area (Å²) in [6, 6.07) is 11.4. The second kappa shape index (κ2) is 7.31. The van der Waals surface area contributed by atoms with E-state index in [4.69, 9.17) is 4.74 Å². The molecule has 3 aromatic rings. The smallest absolute Gasteiger partial charge is 0.284 e. The molecule has 0 aliphatic carbocycles. The van der Waals surface area contributed by atoms with E-state index in [-0.39, 0.29) is 17.0 Å². The summed E-state index contributed by atoms with van der Waals surface area (Å²) in [6.07, 6.45) is 0. The van der Waals surface area contributed by atoms with Crippen LogP contribution in [0.25, 0.3) is 5.69 Å². The average Bonchev–Trinajstić information content (AvgIpc) is 3.10. The van der Waals surface area contributed by atoms with Gasteiger partial charge in [0.1, 0.15) is 5.75 Å². The lowest BCUT2D eigenvalue weighted by atomic mass is 10.1. The Labute approximate surface area is 152 Å². The number of benzene rings is 2. The van der Waals surface area contributed by atoms with Crippen LogP contribution in [-0.4, -0.2) is 38.0 Å². The molecule has 0 aliphatic heterocycles. The first kappa shape index (κ1) is 17.5. The Hall–Kier alpha value is -3.27. The number of ether oxygens (including phenoxy) is 1. The van der Waals surface area contributed by atoms with Gasteiger partial charge in [-0.15, -0.1) is 5.10 Å². The van der Waals surface area contributed by atoms with Crippen molar-refractivity contribution < 1.29 is 14.5 Å². The van der Waals surface area contributed by atoms with Gasteiger partial charge in [-0.25, -0.2) is 0 Å². The van der Waals surface area contributed by atoms with Crippen LogP contribution < -0.4 is 4.74 Å². The third kappa shape index (κ3) is 3.54. The van der Waals surface area contributed by atoms with E-state index in [2.05, 4.69) is 15.5 Å². The fourth-order valence-corrected chi connectivity index (χ4v) is 3.07. The summed E-state index contributed by atoms with van der Waals surface area (Å²) < 4.78 is 6.58. The molecule has 3 rings (SSSR count). The number of hydrogen-bond acceptors (Lipinski definition) is 8. The molecule has 0 bridgehead atoms. The lowest BCUT2D eigenvalue weighted by Crippen LogP contribution is -2.00. The molecule has 0 saturated heterocycles. The maximum Gasteiger partial charge on any atom is 0.284 e. The topological polar surface area (TPSA) is 113 Å². The number of aromatic nitrogens is 4. The summed E-state index contributed by atoms with van der Waals surface area (Å²) in [5, 5.41) is 23.2. The van der Waals surface area contributed by atoms with Crippen LogP contribution >= 0.6 is 11.8 Å². The number of tetrazole rings is 1. The van der Waals surface area contributed by atoms with Gasteiger partial charge in [0, 0.05) is 11.6 Å². The van der Waals surface area contributed by atoms with Crippen molar-refractivity contribution in [2.75, 3.05) is 7.11 Å². The molecule has 1 aromatic heterocycles. The molecule has 0 spiro atoms. The SMILES string of the molecule is COc1ccc(-n2nnnc2Sc2ccc(C(C)=O)cc2[N+](=O)[O-])cc1. The first-order valence-corrected chi connectivity index (χ1v) is 8.21. The molecular weight excluding hydrogens is 358 g/mol. The van der Waals surface area contributed by atoms with Crippen LogP contribution in [0.5, 0.6) is 5.75 Å². The van der Waals surface area contributed by atoms with Crippen LogP contribution in [0.15, 0.2) is 52.5 Å². The zero-order valence-electron chi connectivity index (χ0n) is 13.8. The summed E-state index contributed by atoms with van der Waals surface area (Å²) in [7, 11) is 1.57. The van der Waals surface area contributed by atoms with E-state index in [1.165, 1.54) is 23.7 Å². The molecule has 0 saturated carbocycles. The molecule has 1 heterocycles. The van der Waals surface area contributed by atoms with Crippen molar-refractivity contribution in [3.63, 3.8) is 0 Å². The first-order valence-electron chi connectivity index (χ1n) is 7.39. The molecule has 26 heavy (non-hydrogen) atoms. The minimum absolute atomic E-state index is 0.174. The highest BCUT2D eigenvalue weighted by Crippen LogP contribution is 2.35. The van der Waals surface area contributed by atoms with Crippen molar-refractivity contribution in [1.82, 2.24) is 20.2 Å². The van der Waals surface area contributed by atoms with Crippen molar-refractivity contribution in [2.24, 2.45) is 0 Å². The van der Waals surface area contributed by atoms with Crippen molar-refractivity contribution in [2.45, 2.75) is 17.0 Å². The zero-order chi connectivity index (χ0) is 18.7. The minimum Gasteiger partial charge on any atom is -0.497 e. The summed E-state index contributed by atoms with van der Waals surface area (Å²) in [6.45, 7) is 1.36. The maximum absolute atomic E-state index is 11.5. The number of Topliss-reactive ketones (excluding diaryl/α,β-unsaturated/α-hetero) is 1. The monoisotopic (exact) mass is 371 g/mol. The van der Waals surface area contributed by atoms with E-state index in [1.807, 2.05) is 0 Å². The van der Waals surface area contributed by atoms with Crippen LogP contribution in [-0.2, 0) is 0 Å². The quantitative estimate of drug-likeness (QED) is 0.369. The van der Waals surface area contributed by atoms with Crippen molar-refractivity contribution in [1.29, 1.82) is 0 Å². The number of carbonyl (C=O) groups is 1. The van der Waals surface area contributed by atoms with Gasteiger partial charge < -0.3 is 4.74 Å². The van der Waals surface area contributed by atoms with Gasteiger partial charge in [-0.05, 0) is 65.5 Å². The van der Waals surface area contributed by atoms with Crippen molar-refractivity contribution >= 4 is 23.2 Å². The second-order valence-electron chi connectivity index (χ2n) is 5.17. The molecule has 0 unspecified atom stereocenters. The highest BCUT2D eigenvalue weighted by atomic mass is 32.2. The van der Waals surface area contributed by atoms with Gasteiger partial charge in [0.25, 0.3) is 5.69 Å². The van der Waals surface area contributed by atoms with Crippen LogP contribution in [0.4, 0.5) is 5.69 Å². The Morgan fingerprint density at radius 2 is 1.96 bits per heavy atom. The first-order chi connectivity index (χ1) is 12.5. The average molecular weight is 371 g/mol. The van der Waals surface area contributed by atoms with E-state index in [1.54, 1.807) is 37.4 Å². The number of carbonyl (C=O) groups excluding carboxylic acids is 1. The number of nitro groups is 1. The molecular formula is C16H13N5O4S. The number of hydrogen-bond donors (Lipinski definition) is 0. The summed E-state index contributed by atoms with van der Waals surface area (Å²) in [5.74, 6) is 0.444. The number of nitrogens with zero attached hydrogens (tertiary/aromatic N) is 5. The summed E-state index contributed by atoms with van der Waals surface area (Å²) in [5.41, 5.74) is 0.782. The standard InChI is InChI=1S/C16H13N5O4S/c1-10(22)11-3-8-15(14(9-11)21(23)24)26-16-17-18-19-20(16)12-4-6-13(25-2)7-5-12/h3-9H,1-2H3. The molecule has 0 fully saturated rings. The molecule has 132 valence electrons. The molecule has 0 amide bonds. The third-order valence-electron chi connectivity index (χ3n) is 3.52. The Morgan fingerprint density at radius 3 is 2.58 bits per heavy atom. The van der Waals surface area contributed by atoms with Gasteiger partial charge in [-0.2, -0.15) is 4.68 Å². The molecule has 0 radical (unpaired) electrons. The minimum atomic E-state index is -0.531. The van der Waals surface area contributed by atoms with E-state index < -0.39 is 4.92 Å². The molecule has 2 aromatic carbocycles. The Morgan fingerprint density at radius 1 is 1.23 bits per heavy atom. The number of nitro benzene ring substituents is 1. The lowest BCUT2D eigenvalue weighted by molar-refractivity contribution is -0.387. The van der Waals surface area contributed by atoms with Gasteiger partial charge in [0.15, 0.2) is 5.78 Å². The summed E-state index contributed by atoms with van der Waals surface area (Å²) in [4.78, 5) is 22.6. The Balaban J connectivity index is 1.96. The highest BCUT2D eigenvalue weighted by molar-refractivity contribution is 7.99. The molecule has 0 N–H and O–H groups in total. The summed E-state index contributed by atoms with van der Waals surface area (Å²) >= 11 is 1.04. The molecule has 10 heteroatoms. The van der Waals surface area contributed by atoms with Crippen LogP contribution in [0.2, 0.25) is 0 Å². The lowest BCUT2D eigenvalue weighted by Gasteiger charge is -2.06. The van der Waals surface area contributed by atoms with E-state index in [9.17, 15) is 14.9 Å². The van der Waals surface area contributed by atoms with E-state index >= 15 is 0 Å². The normalized spacial score (nSPS) is 10.5. The number of rotatable bonds is 6. The molecule has 0 atom stereocenters. The van der Waals surface area contributed by atoms with Gasteiger partial charge in [0.2, 0.25) is 5.16 Å².